The Labute approximate surface area is 148 Å². The van der Waals surface area contributed by atoms with Gasteiger partial charge in [-0.1, -0.05) is 30.3 Å². The third kappa shape index (κ3) is 6.11. The monoisotopic (exact) mass is 362 g/mol. The molecule has 0 aliphatic rings. The Morgan fingerprint density at radius 1 is 1.04 bits per heavy atom. The van der Waals surface area contributed by atoms with Gasteiger partial charge in [-0.25, -0.2) is 8.42 Å². The second-order valence-corrected chi connectivity index (χ2v) is 7.26. The fourth-order valence-corrected chi connectivity index (χ4v) is 2.93. The summed E-state index contributed by atoms with van der Waals surface area (Å²) in [6.07, 6.45) is 1.86. The van der Waals surface area contributed by atoms with Crippen LogP contribution >= 0.6 is 0 Å². The van der Waals surface area contributed by atoms with Gasteiger partial charge in [-0.15, -0.1) is 0 Å². The van der Waals surface area contributed by atoms with Gasteiger partial charge in [-0.05, 0) is 37.1 Å². The molecule has 134 valence electrons. The minimum absolute atomic E-state index is 0.200. The summed E-state index contributed by atoms with van der Waals surface area (Å²) in [4.78, 5) is 12.2. The van der Waals surface area contributed by atoms with Crippen molar-refractivity contribution in [2.24, 2.45) is 0 Å². The molecule has 0 saturated carbocycles. The quantitative estimate of drug-likeness (QED) is 0.756. The molecule has 0 aliphatic heterocycles. The van der Waals surface area contributed by atoms with E-state index in [0.29, 0.717) is 24.4 Å². The zero-order valence-electron chi connectivity index (χ0n) is 14.3. The number of carbonyl (C=O) groups is 1. The van der Waals surface area contributed by atoms with Gasteiger partial charge in [0.05, 0.1) is 24.2 Å². The number of carbonyl (C=O) groups excluding carboxylic acids is 1. The Morgan fingerprint density at radius 2 is 1.68 bits per heavy atom. The van der Waals surface area contributed by atoms with Crippen LogP contribution in [0.3, 0.4) is 0 Å². The molecule has 0 bridgehead atoms. The number of hydrogen-bond acceptors (Lipinski definition) is 4. The molecule has 0 fully saturated rings. The molecule has 1 amide bonds. The van der Waals surface area contributed by atoms with Crippen molar-refractivity contribution in [3.05, 3.63) is 54.1 Å². The van der Waals surface area contributed by atoms with Crippen molar-refractivity contribution in [2.75, 3.05) is 22.9 Å². The largest absolute Gasteiger partial charge is 0.494 e. The molecule has 2 aromatic rings. The second-order valence-electron chi connectivity index (χ2n) is 5.51. The van der Waals surface area contributed by atoms with E-state index in [4.69, 9.17) is 4.74 Å². The summed E-state index contributed by atoms with van der Waals surface area (Å²) in [5.74, 6) is 0.575. The lowest BCUT2D eigenvalue weighted by Crippen LogP contribution is -2.16. The summed E-state index contributed by atoms with van der Waals surface area (Å²) in [6.45, 7) is 2.48. The van der Waals surface area contributed by atoms with E-state index in [2.05, 4.69) is 10.0 Å². The molecular weight excluding hydrogens is 340 g/mol. The average molecular weight is 362 g/mol. The molecule has 2 N–H and O–H groups in total. The maximum Gasteiger partial charge on any atom is 0.229 e. The summed E-state index contributed by atoms with van der Waals surface area (Å²) >= 11 is 0. The molecule has 0 radical (unpaired) electrons. The van der Waals surface area contributed by atoms with Crippen LogP contribution < -0.4 is 14.8 Å². The van der Waals surface area contributed by atoms with Gasteiger partial charge in [-0.3, -0.25) is 9.52 Å². The van der Waals surface area contributed by atoms with Crippen LogP contribution in [0.5, 0.6) is 5.75 Å². The highest BCUT2D eigenvalue weighted by Gasteiger charge is 2.11. The Kier molecular flexibility index (Phi) is 6.41. The lowest BCUT2D eigenvalue weighted by Gasteiger charge is -2.13. The van der Waals surface area contributed by atoms with Gasteiger partial charge in [0, 0.05) is 6.42 Å². The van der Waals surface area contributed by atoms with Crippen molar-refractivity contribution in [1.29, 1.82) is 0 Å². The predicted molar refractivity (Wildman–Crippen MR) is 99.5 cm³/mol. The summed E-state index contributed by atoms with van der Waals surface area (Å²) in [7, 11) is -3.42. The minimum Gasteiger partial charge on any atom is -0.494 e. The van der Waals surface area contributed by atoms with Crippen LogP contribution in [-0.2, 0) is 21.2 Å². The number of nitrogens with one attached hydrogen (secondary N) is 2. The summed E-state index contributed by atoms with van der Waals surface area (Å²) in [5.41, 5.74) is 1.73. The first-order chi connectivity index (χ1) is 11.9. The van der Waals surface area contributed by atoms with Crippen molar-refractivity contribution in [3.8, 4) is 5.75 Å². The van der Waals surface area contributed by atoms with Gasteiger partial charge in [0.1, 0.15) is 5.75 Å². The molecule has 0 aliphatic carbocycles. The maximum atomic E-state index is 12.2. The zero-order chi connectivity index (χ0) is 18.3. The topological polar surface area (TPSA) is 84.5 Å². The highest BCUT2D eigenvalue weighted by Crippen LogP contribution is 2.23. The Hall–Kier alpha value is -2.54. The zero-order valence-corrected chi connectivity index (χ0v) is 15.1. The average Bonchev–Trinajstić information content (AvgIpc) is 2.55. The molecule has 2 aromatic carbocycles. The van der Waals surface area contributed by atoms with Crippen molar-refractivity contribution in [3.63, 3.8) is 0 Å². The second kappa shape index (κ2) is 8.53. The highest BCUT2D eigenvalue weighted by atomic mass is 32.2. The van der Waals surface area contributed by atoms with Crippen LogP contribution in [0.4, 0.5) is 11.4 Å². The normalized spacial score (nSPS) is 11.0. The molecular formula is C18H22N2O4S. The lowest BCUT2D eigenvalue weighted by molar-refractivity contribution is -0.116. The van der Waals surface area contributed by atoms with E-state index in [1.54, 1.807) is 24.3 Å². The Morgan fingerprint density at radius 3 is 2.36 bits per heavy atom. The van der Waals surface area contributed by atoms with Crippen molar-refractivity contribution in [2.45, 2.75) is 19.8 Å². The third-order valence-corrected chi connectivity index (χ3v) is 3.98. The summed E-state index contributed by atoms with van der Waals surface area (Å²) in [6, 6.07) is 14.3. The molecule has 6 nitrogen and oxygen atoms in total. The minimum atomic E-state index is -3.42. The van der Waals surface area contributed by atoms with E-state index < -0.39 is 10.0 Å². The van der Waals surface area contributed by atoms with Gasteiger partial charge >= 0.3 is 0 Å². The molecule has 2 rings (SSSR count). The Bertz CT molecular complexity index is 834. The number of ether oxygens (including phenoxy) is 1. The number of anilines is 2. The number of aryl methyl sites for hydroxylation is 1. The van der Waals surface area contributed by atoms with Crippen molar-refractivity contribution in [1.82, 2.24) is 0 Å². The van der Waals surface area contributed by atoms with Gasteiger partial charge < -0.3 is 10.1 Å². The number of hydrogen-bond donors (Lipinski definition) is 2. The molecule has 0 aromatic heterocycles. The summed E-state index contributed by atoms with van der Waals surface area (Å²) < 4.78 is 30.8. The first-order valence-electron chi connectivity index (χ1n) is 7.96. The third-order valence-electron chi connectivity index (χ3n) is 3.39. The first kappa shape index (κ1) is 18.8. The smallest absolute Gasteiger partial charge is 0.229 e. The van der Waals surface area contributed by atoms with Crippen molar-refractivity contribution >= 4 is 27.3 Å². The highest BCUT2D eigenvalue weighted by molar-refractivity contribution is 7.92. The van der Waals surface area contributed by atoms with Crippen LogP contribution in [0.2, 0.25) is 0 Å². The fraction of sp³-hybridized carbons (Fsp3) is 0.278. The van der Waals surface area contributed by atoms with Crippen LogP contribution in [0.15, 0.2) is 48.5 Å². The van der Waals surface area contributed by atoms with Gasteiger partial charge in [0.2, 0.25) is 15.9 Å². The summed E-state index contributed by atoms with van der Waals surface area (Å²) in [5, 5.41) is 2.75. The number of rotatable bonds is 8. The molecule has 0 heterocycles. The Balaban J connectivity index is 2.02. The maximum absolute atomic E-state index is 12.2. The van der Waals surface area contributed by atoms with E-state index in [9.17, 15) is 13.2 Å². The van der Waals surface area contributed by atoms with Crippen LogP contribution in [0.25, 0.3) is 0 Å². The lowest BCUT2D eigenvalue weighted by atomic mass is 10.1. The van der Waals surface area contributed by atoms with Gasteiger partial charge in [0.15, 0.2) is 0 Å². The molecule has 25 heavy (non-hydrogen) atoms. The van der Waals surface area contributed by atoms with E-state index in [1.165, 1.54) is 0 Å². The molecule has 0 saturated heterocycles. The molecule has 0 spiro atoms. The number of para-hydroxylation sites is 3. The van der Waals surface area contributed by atoms with E-state index >= 15 is 0 Å². The van der Waals surface area contributed by atoms with Gasteiger partial charge in [0.25, 0.3) is 0 Å². The van der Waals surface area contributed by atoms with Crippen LogP contribution in [0, 0.1) is 0 Å². The predicted octanol–water partition coefficient (Wildman–Crippen LogP) is 3.03. The van der Waals surface area contributed by atoms with Crippen molar-refractivity contribution < 1.29 is 17.9 Å². The molecule has 0 unspecified atom stereocenters. The first-order valence-corrected chi connectivity index (χ1v) is 9.85. The number of amides is 1. The van der Waals surface area contributed by atoms with Crippen LogP contribution in [0.1, 0.15) is 18.9 Å². The van der Waals surface area contributed by atoms with E-state index in [-0.39, 0.29) is 12.3 Å². The van der Waals surface area contributed by atoms with E-state index in [1.807, 2.05) is 31.2 Å². The number of sulfonamides is 1. The van der Waals surface area contributed by atoms with E-state index in [0.717, 1.165) is 17.6 Å². The van der Waals surface area contributed by atoms with Gasteiger partial charge in [-0.2, -0.15) is 0 Å². The van der Waals surface area contributed by atoms with Crippen LogP contribution in [-0.4, -0.2) is 27.2 Å². The fourth-order valence-electron chi connectivity index (χ4n) is 2.35. The number of benzene rings is 2. The molecule has 0 atom stereocenters. The molecule has 7 heteroatoms. The SMILES string of the molecule is CCOc1ccccc1CCC(=O)Nc1ccccc1NS(C)(=O)=O. The standard InChI is InChI=1S/C18H22N2O4S/c1-3-24-17-11-7-4-8-14(17)12-13-18(21)19-15-9-5-6-10-16(15)20-25(2,22)23/h4-11,20H,3,12-13H2,1-2H3,(H,19,21).